The van der Waals surface area contributed by atoms with Crippen LogP contribution in [0.1, 0.15) is 18.5 Å². The van der Waals surface area contributed by atoms with Gasteiger partial charge in [0.25, 0.3) is 0 Å². The molecule has 2 fully saturated rings. The molecule has 1 amide bonds. The average molecular weight is 450 g/mol. The van der Waals surface area contributed by atoms with Crippen LogP contribution in [-0.4, -0.2) is 71.0 Å². The van der Waals surface area contributed by atoms with Crippen molar-refractivity contribution in [1.82, 2.24) is 15.5 Å². The van der Waals surface area contributed by atoms with Gasteiger partial charge >= 0.3 is 0 Å². The first-order chi connectivity index (χ1) is 13.1. The monoisotopic (exact) mass is 449 g/mol. The molecule has 0 aliphatic carbocycles. The molecule has 2 N–H and O–H groups in total. The van der Waals surface area contributed by atoms with E-state index in [1.807, 2.05) is 25.1 Å². The van der Waals surface area contributed by atoms with Crippen molar-refractivity contribution in [3.63, 3.8) is 0 Å². The van der Waals surface area contributed by atoms with Gasteiger partial charge in [-0.1, -0.05) is 13.0 Å². The van der Waals surface area contributed by atoms with Gasteiger partial charge in [0.1, 0.15) is 0 Å². The number of hydrogen-bond acceptors (Lipinski definition) is 6. The molecular weight excluding hydrogens is 417 g/mol. The normalized spacial score (nSPS) is 19.0. The molecule has 2 saturated heterocycles. The highest BCUT2D eigenvalue weighted by Gasteiger charge is 2.30. The van der Waals surface area contributed by atoms with E-state index in [0.717, 1.165) is 31.7 Å². The Balaban J connectivity index is 0.00000210. The van der Waals surface area contributed by atoms with Crippen molar-refractivity contribution in [3.05, 3.63) is 23.8 Å². The lowest BCUT2D eigenvalue weighted by Gasteiger charge is -2.36. The van der Waals surface area contributed by atoms with Crippen LogP contribution in [0.3, 0.4) is 0 Å². The van der Waals surface area contributed by atoms with Gasteiger partial charge in [0.2, 0.25) is 5.91 Å². The molecule has 0 saturated carbocycles. The van der Waals surface area contributed by atoms with E-state index >= 15 is 0 Å². The minimum Gasteiger partial charge on any atom is -0.493 e. The van der Waals surface area contributed by atoms with E-state index in [-0.39, 0.29) is 42.7 Å². The smallest absolute Gasteiger partial charge is 0.223 e. The number of carbonyl (C=O) groups is 1. The first-order valence-electron chi connectivity index (χ1n) is 9.66. The van der Waals surface area contributed by atoms with Crippen LogP contribution in [0.4, 0.5) is 0 Å². The molecule has 2 unspecified atom stereocenters. The van der Waals surface area contributed by atoms with Crippen LogP contribution in [-0.2, 0) is 9.53 Å². The Morgan fingerprint density at radius 3 is 2.41 bits per heavy atom. The lowest BCUT2D eigenvalue weighted by atomic mass is 9.88. The van der Waals surface area contributed by atoms with Gasteiger partial charge in [-0.3, -0.25) is 9.69 Å². The van der Waals surface area contributed by atoms with Gasteiger partial charge in [-0.2, -0.15) is 0 Å². The Morgan fingerprint density at radius 2 is 1.86 bits per heavy atom. The van der Waals surface area contributed by atoms with E-state index in [0.29, 0.717) is 37.2 Å². The molecule has 3 rings (SSSR count). The molecule has 0 bridgehead atoms. The Kier molecular flexibility index (Phi) is 11.1. The fraction of sp³-hybridized carbons (Fsp3) is 0.650. The largest absolute Gasteiger partial charge is 0.493 e. The molecular formula is C20H33Cl2N3O4. The summed E-state index contributed by atoms with van der Waals surface area (Å²) in [5.74, 6) is 2.00. The predicted octanol–water partition coefficient (Wildman–Crippen LogP) is 1.89. The summed E-state index contributed by atoms with van der Waals surface area (Å²) >= 11 is 0. The minimum absolute atomic E-state index is 0. The number of methoxy groups -OCH3 is 2. The number of morpholine rings is 1. The van der Waals surface area contributed by atoms with Gasteiger partial charge in [0.05, 0.1) is 33.5 Å². The summed E-state index contributed by atoms with van der Waals surface area (Å²) in [6.07, 6.45) is 0. The van der Waals surface area contributed by atoms with E-state index in [1.54, 1.807) is 14.2 Å². The van der Waals surface area contributed by atoms with Crippen LogP contribution in [0.2, 0.25) is 0 Å². The maximum atomic E-state index is 12.6. The van der Waals surface area contributed by atoms with Crippen molar-refractivity contribution in [1.29, 1.82) is 0 Å². The molecule has 1 aromatic rings. The molecule has 2 atom stereocenters. The molecule has 7 nitrogen and oxygen atoms in total. The minimum atomic E-state index is 0. The van der Waals surface area contributed by atoms with Crippen molar-refractivity contribution in [2.45, 2.75) is 13.0 Å². The number of nitrogens with one attached hydrogen (secondary N) is 2. The zero-order valence-electron chi connectivity index (χ0n) is 17.3. The second-order valence-electron chi connectivity index (χ2n) is 7.23. The van der Waals surface area contributed by atoms with E-state index < -0.39 is 0 Å². The average Bonchev–Trinajstić information content (AvgIpc) is 2.67. The standard InChI is InChI=1S/C20H31N3O4.2ClH/c1-14(16-11-21-12-16)20(24)22-13-17(23-6-8-27-9-7-23)15-4-5-18(25-2)19(10-15)26-3;;/h4-5,10,14,16-17,21H,6-9,11-13H2,1-3H3,(H,22,24);2*1H. The number of hydrogen-bond donors (Lipinski definition) is 2. The number of amides is 1. The van der Waals surface area contributed by atoms with Crippen molar-refractivity contribution in [2.75, 3.05) is 60.2 Å². The Morgan fingerprint density at radius 1 is 1.21 bits per heavy atom. The van der Waals surface area contributed by atoms with Crippen LogP contribution in [0, 0.1) is 11.8 Å². The summed E-state index contributed by atoms with van der Waals surface area (Å²) in [4.78, 5) is 15.0. The number of carbonyl (C=O) groups excluding carboxylic acids is 1. The highest BCUT2D eigenvalue weighted by molar-refractivity contribution is 5.85. The Bertz CT molecular complexity index is 640. The highest BCUT2D eigenvalue weighted by Crippen LogP contribution is 2.32. The summed E-state index contributed by atoms with van der Waals surface area (Å²) in [6.45, 7) is 7.55. The lowest BCUT2D eigenvalue weighted by molar-refractivity contribution is -0.127. The third-order valence-electron chi connectivity index (χ3n) is 5.68. The van der Waals surface area contributed by atoms with Gasteiger partial charge in [-0.05, 0) is 36.7 Å². The first kappa shape index (κ1) is 25.8. The predicted molar refractivity (Wildman–Crippen MR) is 118 cm³/mol. The zero-order valence-corrected chi connectivity index (χ0v) is 18.9. The van der Waals surface area contributed by atoms with E-state index in [9.17, 15) is 4.79 Å². The van der Waals surface area contributed by atoms with Crippen LogP contribution in [0.5, 0.6) is 11.5 Å². The van der Waals surface area contributed by atoms with Crippen molar-refractivity contribution in [3.8, 4) is 11.5 Å². The van der Waals surface area contributed by atoms with Crippen LogP contribution in [0.15, 0.2) is 18.2 Å². The summed E-state index contributed by atoms with van der Waals surface area (Å²) in [7, 11) is 3.27. The van der Waals surface area contributed by atoms with Gasteiger partial charge in [-0.25, -0.2) is 0 Å². The lowest BCUT2D eigenvalue weighted by Crippen LogP contribution is -2.51. The van der Waals surface area contributed by atoms with E-state index in [4.69, 9.17) is 14.2 Å². The van der Waals surface area contributed by atoms with Gasteiger partial charge in [0, 0.05) is 25.6 Å². The molecule has 1 aromatic carbocycles. The Hall–Kier alpha value is -1.25. The first-order valence-corrected chi connectivity index (χ1v) is 9.66. The van der Waals surface area contributed by atoms with Crippen LogP contribution >= 0.6 is 24.8 Å². The summed E-state index contributed by atoms with van der Waals surface area (Å²) in [5.41, 5.74) is 1.10. The van der Waals surface area contributed by atoms with Gasteiger partial charge < -0.3 is 24.8 Å². The summed E-state index contributed by atoms with van der Waals surface area (Å²) < 4.78 is 16.3. The fourth-order valence-electron chi connectivity index (χ4n) is 3.64. The molecule has 2 heterocycles. The molecule has 9 heteroatoms. The van der Waals surface area contributed by atoms with E-state index in [1.165, 1.54) is 0 Å². The number of ether oxygens (including phenoxy) is 3. The highest BCUT2D eigenvalue weighted by atomic mass is 35.5. The van der Waals surface area contributed by atoms with E-state index in [2.05, 4.69) is 15.5 Å². The zero-order chi connectivity index (χ0) is 19.2. The maximum Gasteiger partial charge on any atom is 0.223 e. The van der Waals surface area contributed by atoms with Gasteiger partial charge in [-0.15, -0.1) is 24.8 Å². The maximum absolute atomic E-state index is 12.6. The molecule has 0 aromatic heterocycles. The van der Waals surface area contributed by atoms with Crippen LogP contribution in [0.25, 0.3) is 0 Å². The van der Waals surface area contributed by atoms with Crippen LogP contribution < -0.4 is 20.1 Å². The van der Waals surface area contributed by atoms with Crippen molar-refractivity contribution < 1.29 is 19.0 Å². The molecule has 2 aliphatic rings. The molecule has 29 heavy (non-hydrogen) atoms. The second kappa shape index (κ2) is 12.4. The number of halogens is 2. The molecule has 166 valence electrons. The second-order valence-corrected chi connectivity index (χ2v) is 7.23. The number of rotatable bonds is 8. The number of benzene rings is 1. The summed E-state index contributed by atoms with van der Waals surface area (Å²) in [6, 6.07) is 6.05. The number of nitrogens with zero attached hydrogens (tertiary/aromatic N) is 1. The van der Waals surface area contributed by atoms with Gasteiger partial charge in [0.15, 0.2) is 11.5 Å². The van der Waals surface area contributed by atoms with Crippen molar-refractivity contribution in [2.24, 2.45) is 11.8 Å². The topological polar surface area (TPSA) is 72.1 Å². The summed E-state index contributed by atoms with van der Waals surface area (Å²) in [5, 5.41) is 6.41. The fourth-order valence-corrected chi connectivity index (χ4v) is 3.64. The molecule has 0 spiro atoms. The SMILES string of the molecule is COc1ccc(C(CNC(=O)C(C)C2CNC2)N2CCOCC2)cc1OC.Cl.Cl. The quantitative estimate of drug-likeness (QED) is 0.631. The third-order valence-corrected chi connectivity index (χ3v) is 5.68. The van der Waals surface area contributed by atoms with Crippen molar-refractivity contribution >= 4 is 30.7 Å². The molecule has 0 radical (unpaired) electrons. The Labute approximate surface area is 185 Å². The third kappa shape index (κ3) is 6.36. The molecule has 2 aliphatic heterocycles.